The van der Waals surface area contributed by atoms with Crippen molar-refractivity contribution in [2.24, 2.45) is 0 Å². The molecule has 1 saturated heterocycles. The standard InChI is InChI=1S/C20H24N2O6S2/c1-13(23)19(25)21-15-6-4-5-14(11-15)16-7-8-17(29-16)20(12-18(24)22-26)9-2-3-10-30(20,27)28/h4-8,11,13,23,26H,2-3,9-10,12H2,1H3,(H,21,25)(H,22,24)/t13-,20-/m0/s1. The molecule has 2 heterocycles. The van der Waals surface area contributed by atoms with Gasteiger partial charge < -0.3 is 10.4 Å². The van der Waals surface area contributed by atoms with E-state index in [1.165, 1.54) is 18.3 Å². The minimum Gasteiger partial charge on any atom is -0.384 e. The molecule has 4 N–H and O–H groups in total. The number of hydrogen-bond donors (Lipinski definition) is 4. The van der Waals surface area contributed by atoms with Crippen LogP contribution in [0.5, 0.6) is 0 Å². The Hall–Kier alpha value is -2.27. The molecule has 3 rings (SSSR count). The van der Waals surface area contributed by atoms with Crippen molar-refractivity contribution in [3.8, 4) is 10.4 Å². The number of benzene rings is 1. The minimum absolute atomic E-state index is 0.000196. The zero-order chi connectivity index (χ0) is 21.9. The van der Waals surface area contributed by atoms with Crippen molar-refractivity contribution in [2.75, 3.05) is 11.1 Å². The molecule has 1 aliphatic rings. The number of carbonyl (C=O) groups excluding carboxylic acids is 2. The van der Waals surface area contributed by atoms with Crippen LogP contribution in [0.4, 0.5) is 5.69 Å². The number of aliphatic hydroxyl groups is 1. The molecule has 1 aliphatic heterocycles. The van der Waals surface area contributed by atoms with Gasteiger partial charge in [0.2, 0.25) is 5.91 Å². The Morgan fingerprint density at radius 1 is 1.23 bits per heavy atom. The third-order valence-corrected chi connectivity index (χ3v) is 9.31. The summed E-state index contributed by atoms with van der Waals surface area (Å²) in [5.74, 6) is -1.26. The molecule has 2 amide bonds. The van der Waals surface area contributed by atoms with Crippen LogP contribution < -0.4 is 10.8 Å². The van der Waals surface area contributed by atoms with Crippen molar-refractivity contribution < 1.29 is 28.3 Å². The molecule has 10 heteroatoms. The van der Waals surface area contributed by atoms with E-state index in [4.69, 9.17) is 5.21 Å². The molecular weight excluding hydrogens is 428 g/mol. The fourth-order valence-electron chi connectivity index (χ4n) is 3.65. The second-order valence-corrected chi connectivity index (χ2v) is 10.9. The SMILES string of the molecule is C[C@H](O)C(=O)Nc1cccc(-c2ccc([C@@]3(CC(=O)NO)CCCCS3(=O)=O)s2)c1. The zero-order valence-electron chi connectivity index (χ0n) is 16.4. The third kappa shape index (κ3) is 4.41. The Balaban J connectivity index is 1.97. The molecule has 0 aliphatic carbocycles. The number of rotatable bonds is 6. The van der Waals surface area contributed by atoms with Crippen molar-refractivity contribution in [2.45, 2.75) is 43.5 Å². The highest BCUT2D eigenvalue weighted by atomic mass is 32.2. The largest absolute Gasteiger partial charge is 0.384 e. The average Bonchev–Trinajstić information content (AvgIpc) is 3.20. The summed E-state index contributed by atoms with van der Waals surface area (Å²) in [6.45, 7) is 1.37. The number of hydroxylamine groups is 1. The van der Waals surface area contributed by atoms with Crippen molar-refractivity contribution in [3.63, 3.8) is 0 Å². The first-order valence-corrected chi connectivity index (χ1v) is 12.0. The van der Waals surface area contributed by atoms with Crippen LogP contribution in [-0.2, 0) is 24.2 Å². The van der Waals surface area contributed by atoms with E-state index in [0.29, 0.717) is 29.8 Å². The van der Waals surface area contributed by atoms with Crippen LogP contribution in [0, 0.1) is 0 Å². The monoisotopic (exact) mass is 452 g/mol. The van der Waals surface area contributed by atoms with E-state index < -0.39 is 32.5 Å². The van der Waals surface area contributed by atoms with E-state index in [1.54, 1.807) is 35.8 Å². The smallest absolute Gasteiger partial charge is 0.252 e. The molecule has 1 aromatic heterocycles. The molecule has 30 heavy (non-hydrogen) atoms. The molecule has 0 unspecified atom stereocenters. The van der Waals surface area contributed by atoms with Crippen molar-refractivity contribution in [3.05, 3.63) is 41.3 Å². The van der Waals surface area contributed by atoms with E-state index in [1.807, 2.05) is 6.07 Å². The Morgan fingerprint density at radius 3 is 2.67 bits per heavy atom. The number of carbonyl (C=O) groups is 2. The Morgan fingerprint density at radius 2 is 2.00 bits per heavy atom. The van der Waals surface area contributed by atoms with Gasteiger partial charge in [-0.25, -0.2) is 13.9 Å². The number of amides is 2. The summed E-state index contributed by atoms with van der Waals surface area (Å²) in [5, 5.41) is 21.0. The molecular formula is C20H24N2O6S2. The normalized spacial score (nSPS) is 21.6. The van der Waals surface area contributed by atoms with Gasteiger partial charge in [0.1, 0.15) is 10.9 Å². The lowest BCUT2D eigenvalue weighted by Gasteiger charge is -2.35. The van der Waals surface area contributed by atoms with Gasteiger partial charge >= 0.3 is 0 Å². The number of aliphatic hydroxyl groups excluding tert-OH is 1. The zero-order valence-corrected chi connectivity index (χ0v) is 18.1. The predicted molar refractivity (Wildman–Crippen MR) is 114 cm³/mol. The van der Waals surface area contributed by atoms with Gasteiger partial charge in [0.15, 0.2) is 9.84 Å². The van der Waals surface area contributed by atoms with Crippen molar-refractivity contribution >= 4 is 38.7 Å². The number of anilines is 1. The van der Waals surface area contributed by atoms with Gasteiger partial charge in [0.05, 0.1) is 12.2 Å². The summed E-state index contributed by atoms with van der Waals surface area (Å²) in [7, 11) is -3.59. The maximum atomic E-state index is 13.0. The van der Waals surface area contributed by atoms with Crippen LogP contribution in [0.3, 0.4) is 0 Å². The highest BCUT2D eigenvalue weighted by molar-refractivity contribution is 7.92. The van der Waals surface area contributed by atoms with Crippen molar-refractivity contribution in [1.82, 2.24) is 5.48 Å². The maximum Gasteiger partial charge on any atom is 0.252 e. The molecule has 0 spiro atoms. The van der Waals surface area contributed by atoms with Crippen molar-refractivity contribution in [1.29, 1.82) is 0 Å². The first-order valence-electron chi connectivity index (χ1n) is 9.53. The summed E-state index contributed by atoms with van der Waals surface area (Å²) in [5.41, 5.74) is 2.83. The highest BCUT2D eigenvalue weighted by Crippen LogP contribution is 2.47. The summed E-state index contributed by atoms with van der Waals surface area (Å²) in [4.78, 5) is 25.0. The van der Waals surface area contributed by atoms with Gasteiger partial charge in [0, 0.05) is 15.4 Å². The molecule has 1 aromatic carbocycles. The molecule has 2 aromatic rings. The molecule has 162 valence electrons. The summed E-state index contributed by atoms with van der Waals surface area (Å²) in [6.07, 6.45) is 0.0554. The van der Waals surface area contributed by atoms with Crippen LogP contribution in [0.25, 0.3) is 10.4 Å². The number of thiophene rings is 1. The first-order chi connectivity index (χ1) is 14.2. The van der Waals surface area contributed by atoms with Crippen LogP contribution in [-0.4, -0.2) is 42.4 Å². The molecule has 0 saturated carbocycles. The van der Waals surface area contributed by atoms with E-state index >= 15 is 0 Å². The molecule has 2 atom stereocenters. The quantitative estimate of drug-likeness (QED) is 0.393. The topological polar surface area (TPSA) is 133 Å². The molecule has 1 fully saturated rings. The number of hydrogen-bond acceptors (Lipinski definition) is 7. The number of sulfone groups is 1. The predicted octanol–water partition coefficient (Wildman–Crippen LogP) is 2.42. The number of nitrogens with one attached hydrogen (secondary N) is 2. The first kappa shape index (κ1) is 22.4. The molecule has 8 nitrogen and oxygen atoms in total. The van der Waals surface area contributed by atoms with Crippen LogP contribution in [0.2, 0.25) is 0 Å². The second-order valence-electron chi connectivity index (χ2n) is 7.39. The van der Waals surface area contributed by atoms with Crippen LogP contribution >= 0.6 is 11.3 Å². The Kier molecular flexibility index (Phi) is 6.61. The van der Waals surface area contributed by atoms with Gasteiger partial charge in [0.25, 0.3) is 5.91 Å². The van der Waals surface area contributed by atoms with Crippen LogP contribution in [0.1, 0.15) is 37.5 Å². The second kappa shape index (κ2) is 8.84. The van der Waals surface area contributed by atoms with Crippen LogP contribution in [0.15, 0.2) is 36.4 Å². The van der Waals surface area contributed by atoms with Gasteiger partial charge in [-0.1, -0.05) is 18.6 Å². The highest BCUT2D eigenvalue weighted by Gasteiger charge is 2.49. The van der Waals surface area contributed by atoms with E-state index in [2.05, 4.69) is 5.32 Å². The fraction of sp³-hybridized carbons (Fsp3) is 0.400. The summed E-state index contributed by atoms with van der Waals surface area (Å²) < 4.78 is 24.7. The summed E-state index contributed by atoms with van der Waals surface area (Å²) in [6, 6.07) is 10.5. The molecule has 0 bridgehead atoms. The summed E-state index contributed by atoms with van der Waals surface area (Å²) >= 11 is 1.28. The van der Waals surface area contributed by atoms with Gasteiger partial charge in [-0.15, -0.1) is 11.3 Å². The van der Waals surface area contributed by atoms with Gasteiger partial charge in [-0.05, 0) is 49.6 Å². The average molecular weight is 453 g/mol. The van der Waals surface area contributed by atoms with E-state index in [0.717, 1.165) is 10.4 Å². The Labute approximate surface area is 178 Å². The lowest BCUT2D eigenvalue weighted by Crippen LogP contribution is -2.43. The minimum atomic E-state index is -3.59. The maximum absolute atomic E-state index is 13.0. The van der Waals surface area contributed by atoms with E-state index in [-0.39, 0.29) is 12.2 Å². The molecule has 0 radical (unpaired) electrons. The lowest BCUT2D eigenvalue weighted by molar-refractivity contribution is -0.130. The lowest BCUT2D eigenvalue weighted by atomic mass is 9.94. The van der Waals surface area contributed by atoms with Gasteiger partial charge in [-0.2, -0.15) is 0 Å². The van der Waals surface area contributed by atoms with E-state index in [9.17, 15) is 23.1 Å². The van der Waals surface area contributed by atoms with Gasteiger partial charge in [-0.3, -0.25) is 14.8 Å². The third-order valence-electron chi connectivity index (χ3n) is 5.26. The Bertz CT molecular complexity index is 1050. The fourth-order valence-corrected chi connectivity index (χ4v) is 7.43.